The molecule has 1 aliphatic carbocycles. The van der Waals surface area contributed by atoms with E-state index in [9.17, 15) is 0 Å². The van der Waals surface area contributed by atoms with Gasteiger partial charge in [0, 0.05) is 22.5 Å². The normalized spacial score (nSPS) is 14.1. The van der Waals surface area contributed by atoms with Gasteiger partial charge in [-0.05, 0) is 132 Å². The molecule has 0 saturated carbocycles. The number of aryl methyl sites for hydroxylation is 1. The summed E-state index contributed by atoms with van der Waals surface area (Å²) in [6, 6.07) is 58.1. The monoisotopic (exact) mass is 968 g/mol. The highest BCUT2D eigenvalue weighted by molar-refractivity contribution is 6.09. The highest BCUT2D eigenvalue weighted by atomic mass is 16.5. The zero-order chi connectivity index (χ0) is 51.6. The molecule has 3 aromatic heterocycles. The maximum absolute atomic E-state index is 7.18. The first-order valence-electron chi connectivity index (χ1n) is 26.4. The summed E-state index contributed by atoms with van der Waals surface area (Å²) in [7, 11) is 2.13. The first-order valence-corrected chi connectivity index (χ1v) is 26.4. The Morgan fingerprint density at radius 2 is 1.08 bits per heavy atom. The highest BCUT2D eigenvalue weighted by Crippen LogP contribution is 2.65. The number of hydrogen-bond acceptors (Lipinski definition) is 2. The van der Waals surface area contributed by atoms with Crippen molar-refractivity contribution in [3.63, 3.8) is 0 Å². The van der Waals surface area contributed by atoms with Crippen molar-refractivity contribution in [3.05, 3.63) is 209 Å². The average Bonchev–Trinajstić information content (AvgIpc) is 4.26. The molecule has 0 saturated heterocycles. The van der Waals surface area contributed by atoms with Gasteiger partial charge in [0.15, 0.2) is 0 Å². The fourth-order valence-electron chi connectivity index (χ4n) is 12.6. The number of nitrogens with zero attached hydrogens (tertiary/aromatic N) is 5. The molecule has 1 aliphatic heterocycles. The lowest BCUT2D eigenvalue weighted by molar-refractivity contribution is -0.649. The Balaban J connectivity index is 1.08. The summed E-state index contributed by atoms with van der Waals surface area (Å²) < 4.78 is 16.2. The van der Waals surface area contributed by atoms with Crippen LogP contribution in [-0.4, -0.2) is 18.7 Å². The molecule has 1 spiro atoms. The summed E-state index contributed by atoms with van der Waals surface area (Å²) in [5.41, 5.74) is 20.8. The predicted octanol–water partition coefficient (Wildman–Crippen LogP) is 16.3. The van der Waals surface area contributed by atoms with Crippen LogP contribution in [0.1, 0.15) is 128 Å². The van der Waals surface area contributed by atoms with E-state index in [0.717, 1.165) is 67.2 Å². The van der Waals surface area contributed by atoms with Crippen molar-refractivity contribution in [2.45, 2.75) is 110 Å². The molecule has 0 unspecified atom stereocenters. The highest BCUT2D eigenvalue weighted by Gasteiger charge is 2.54. The zero-order valence-electron chi connectivity index (χ0n) is 45.2. The van der Waals surface area contributed by atoms with Gasteiger partial charge in [-0.2, -0.15) is 0 Å². The largest absolute Gasteiger partial charge is 0.458 e. The molecule has 0 N–H and O–H groups in total. The molecule has 13 rings (SSSR count). The lowest BCUT2D eigenvalue weighted by Crippen LogP contribution is -2.38. The van der Waals surface area contributed by atoms with Gasteiger partial charge >= 0.3 is 0 Å². The Labute approximate surface area is 435 Å². The van der Waals surface area contributed by atoms with Crippen molar-refractivity contribution in [2.24, 2.45) is 7.05 Å². The molecule has 0 atom stereocenters. The van der Waals surface area contributed by atoms with Gasteiger partial charge < -0.3 is 13.9 Å². The number of aromatic nitrogens is 5. The van der Waals surface area contributed by atoms with Crippen molar-refractivity contribution in [3.8, 4) is 39.9 Å². The minimum Gasteiger partial charge on any atom is -0.458 e. The lowest BCUT2D eigenvalue weighted by atomic mass is 9.60. The number of imidazole rings is 2. The van der Waals surface area contributed by atoms with Gasteiger partial charge in [-0.25, -0.2) is 4.98 Å². The number of rotatable bonds is 4. The van der Waals surface area contributed by atoms with Crippen LogP contribution in [-0.2, 0) is 34.1 Å². The Bertz CT molecular complexity index is 4070. The molecule has 74 heavy (non-hydrogen) atoms. The Kier molecular flexibility index (Phi) is 9.61. The molecule has 2 aliphatic rings. The van der Waals surface area contributed by atoms with E-state index in [2.05, 4.69) is 272 Å². The summed E-state index contributed by atoms with van der Waals surface area (Å²) in [4.78, 5) is 5.35. The maximum atomic E-state index is 7.18. The summed E-state index contributed by atoms with van der Waals surface area (Å²) >= 11 is 0. The molecule has 11 aromatic rings. The molecular formula is C68H65N5O. The number of fused-ring (bicyclic) bond motifs is 13. The minimum atomic E-state index is -0.671. The van der Waals surface area contributed by atoms with Gasteiger partial charge in [0.1, 0.15) is 11.5 Å². The third kappa shape index (κ3) is 6.55. The molecule has 0 radical (unpaired) electrons. The van der Waals surface area contributed by atoms with E-state index in [1.807, 2.05) is 0 Å². The fourth-order valence-corrected chi connectivity index (χ4v) is 12.6. The first kappa shape index (κ1) is 46.1. The summed E-state index contributed by atoms with van der Waals surface area (Å²) in [6.07, 6.45) is 3.80. The van der Waals surface area contributed by atoms with Gasteiger partial charge in [-0.3, -0.25) is 9.13 Å². The molecule has 0 bridgehead atoms. The van der Waals surface area contributed by atoms with Crippen molar-refractivity contribution in [1.82, 2.24) is 18.7 Å². The quantitative estimate of drug-likeness (QED) is 0.130. The van der Waals surface area contributed by atoms with Gasteiger partial charge in [-0.15, -0.1) is 0 Å². The van der Waals surface area contributed by atoms with E-state index in [1.54, 1.807) is 0 Å². The van der Waals surface area contributed by atoms with Crippen LogP contribution in [0.5, 0.6) is 11.5 Å². The summed E-state index contributed by atoms with van der Waals surface area (Å²) in [5, 5.41) is 2.29. The van der Waals surface area contributed by atoms with Crippen LogP contribution in [0.25, 0.3) is 72.3 Å². The second-order valence-corrected chi connectivity index (χ2v) is 25.2. The van der Waals surface area contributed by atoms with Crippen molar-refractivity contribution < 1.29 is 9.30 Å². The van der Waals surface area contributed by atoms with Crippen LogP contribution >= 0.6 is 0 Å². The molecule has 6 nitrogen and oxygen atoms in total. The average molecular weight is 968 g/mol. The van der Waals surface area contributed by atoms with E-state index in [4.69, 9.17) is 9.72 Å². The number of para-hydroxylation sites is 5. The molecular weight excluding hydrogens is 903 g/mol. The van der Waals surface area contributed by atoms with Gasteiger partial charge in [0.25, 0.3) is 0 Å². The molecule has 0 amide bonds. The van der Waals surface area contributed by atoms with E-state index in [0.29, 0.717) is 0 Å². The van der Waals surface area contributed by atoms with E-state index in [-0.39, 0.29) is 21.7 Å². The topological polar surface area (TPSA) is 40.8 Å². The van der Waals surface area contributed by atoms with Crippen LogP contribution in [0.3, 0.4) is 0 Å². The third-order valence-electron chi connectivity index (χ3n) is 16.2. The predicted molar refractivity (Wildman–Crippen MR) is 304 cm³/mol. The van der Waals surface area contributed by atoms with E-state index in [1.165, 1.54) is 61.2 Å². The summed E-state index contributed by atoms with van der Waals surface area (Å²) in [5.74, 6) is 2.32. The van der Waals surface area contributed by atoms with Gasteiger partial charge in [0.05, 0.1) is 51.3 Å². The molecule has 6 heteroatoms. The molecule has 0 fully saturated rings. The summed E-state index contributed by atoms with van der Waals surface area (Å²) in [6.45, 7) is 28.6. The van der Waals surface area contributed by atoms with Crippen LogP contribution in [0, 0.1) is 6.33 Å². The number of hydrogen-bond donors (Lipinski definition) is 0. The van der Waals surface area contributed by atoms with Crippen LogP contribution in [0.2, 0.25) is 0 Å². The van der Waals surface area contributed by atoms with Gasteiger partial charge in [-0.1, -0.05) is 180 Å². The second-order valence-electron chi connectivity index (χ2n) is 25.2. The molecule has 8 aromatic carbocycles. The van der Waals surface area contributed by atoms with Crippen LogP contribution in [0.15, 0.2) is 158 Å². The van der Waals surface area contributed by atoms with E-state index >= 15 is 0 Å². The van der Waals surface area contributed by atoms with Crippen molar-refractivity contribution in [1.29, 1.82) is 0 Å². The number of ether oxygens (including phenoxy) is 1. The second kappa shape index (κ2) is 15.4. The standard InChI is InChI=1S/C68H65N5O/c1-64(2,3)41-34-48-49-35-42(65(4,5)6)37-53(67(10,11)12)61(49)68(60(48)52(36-41)66(7,8)9)50-33-31-45(39-59(50)71-40-70(13)57-29-21-25-51(68)62(57)71)74-44-30-32-47-46-24-17-19-27-55(46)73(58(47)38-44)63-69-54-26-18-20-28-56(54)72(63)43-22-15-14-16-23-43/h14-39H,1-13H3. The van der Waals surface area contributed by atoms with Crippen molar-refractivity contribution in [2.75, 3.05) is 0 Å². The maximum Gasteiger partial charge on any atom is 0.244 e. The zero-order valence-corrected chi connectivity index (χ0v) is 45.2. The lowest BCUT2D eigenvalue weighted by Gasteiger charge is -2.45. The smallest absolute Gasteiger partial charge is 0.244 e. The Morgan fingerprint density at radius 1 is 0.500 bits per heavy atom. The van der Waals surface area contributed by atoms with Crippen LogP contribution in [0.4, 0.5) is 0 Å². The van der Waals surface area contributed by atoms with Crippen LogP contribution < -0.4 is 9.30 Å². The third-order valence-corrected chi connectivity index (χ3v) is 16.2. The number of benzene rings is 8. The Hall–Kier alpha value is -7.70. The Morgan fingerprint density at radius 3 is 1.73 bits per heavy atom. The molecule has 368 valence electrons. The van der Waals surface area contributed by atoms with E-state index < -0.39 is 5.41 Å². The van der Waals surface area contributed by atoms with Gasteiger partial charge in [0.2, 0.25) is 12.3 Å². The fraction of sp³-hybridized carbons (Fsp3) is 0.265. The SMILES string of the molecule is C[n+]1[c-]n2c3c(cccc31)C1(c3ccc(Oc4ccc5c6ccccc6n(-c6nc7ccccc7n6-c6ccccc6)c5c4)cc3-2)c2c(cc(C(C)(C)C)cc2C(C)(C)C)-c2cc(C(C)(C)C)cc(C(C)(C)C)c21. The minimum absolute atomic E-state index is 0.0677. The molecule has 4 heterocycles. The first-order chi connectivity index (χ1) is 35.1. The van der Waals surface area contributed by atoms with Crippen molar-refractivity contribution >= 4 is 43.9 Å².